The van der Waals surface area contributed by atoms with Gasteiger partial charge in [0.1, 0.15) is 0 Å². The molecule has 1 spiro atoms. The molecule has 1 aliphatic heterocycles. The lowest BCUT2D eigenvalue weighted by Gasteiger charge is -2.60. The molecular weight excluding hydrogens is 316 g/mol. The van der Waals surface area contributed by atoms with Crippen LogP contribution in [0.4, 0.5) is 0 Å². The van der Waals surface area contributed by atoms with Crippen molar-refractivity contribution in [3.8, 4) is 0 Å². The molecule has 3 aliphatic rings. The zero-order chi connectivity index (χ0) is 17.5. The second kappa shape index (κ2) is 5.84. The van der Waals surface area contributed by atoms with Crippen molar-refractivity contribution in [3.05, 3.63) is 35.9 Å². The van der Waals surface area contributed by atoms with Crippen LogP contribution in [0.3, 0.4) is 0 Å². The first kappa shape index (κ1) is 16.6. The second-order valence-electron chi connectivity index (χ2n) is 8.45. The van der Waals surface area contributed by atoms with Crippen LogP contribution in [0.1, 0.15) is 51.0 Å². The maximum atomic E-state index is 12.7. The van der Waals surface area contributed by atoms with E-state index in [1.807, 2.05) is 30.3 Å². The minimum atomic E-state index is -0.972. The summed E-state index contributed by atoms with van der Waals surface area (Å²) in [5, 5.41) is 17.0. The fraction of sp³-hybridized carbons (Fsp3) is 0.600. The van der Waals surface area contributed by atoms with Crippen molar-refractivity contribution in [1.29, 1.82) is 0 Å². The third kappa shape index (κ3) is 2.84. The zero-order valence-corrected chi connectivity index (χ0v) is 14.8. The standard InChI is InChI=1S/C20H26N2O3/c1-18(10-16(22-25-18)15-6-3-2-4-7-15)17(24)21-13-20(14-23)11-19(12-20)8-5-9-19/h2-4,6-7,23H,5,8-14H2,1H3,(H,21,24). The molecule has 1 heterocycles. The summed E-state index contributed by atoms with van der Waals surface area (Å²) in [6.45, 7) is 2.43. The number of oxime groups is 1. The third-order valence-electron chi connectivity index (χ3n) is 6.32. The molecule has 1 unspecified atom stereocenters. The highest BCUT2D eigenvalue weighted by Crippen LogP contribution is 2.64. The smallest absolute Gasteiger partial charge is 0.267 e. The van der Waals surface area contributed by atoms with E-state index in [2.05, 4.69) is 10.5 Å². The molecule has 2 aliphatic carbocycles. The van der Waals surface area contributed by atoms with Gasteiger partial charge in [-0.05, 0) is 43.6 Å². The van der Waals surface area contributed by atoms with E-state index in [1.54, 1.807) is 6.92 Å². The number of nitrogens with zero attached hydrogens (tertiary/aromatic N) is 1. The molecule has 0 saturated heterocycles. The highest BCUT2D eigenvalue weighted by Gasteiger charge is 2.57. The summed E-state index contributed by atoms with van der Waals surface area (Å²) in [4.78, 5) is 18.2. The van der Waals surface area contributed by atoms with Crippen LogP contribution in [0.25, 0.3) is 0 Å². The summed E-state index contributed by atoms with van der Waals surface area (Å²) in [6.07, 6.45) is 6.37. The lowest BCUT2D eigenvalue weighted by Crippen LogP contribution is -2.58. The van der Waals surface area contributed by atoms with E-state index in [4.69, 9.17) is 4.84 Å². The molecule has 0 radical (unpaired) electrons. The van der Waals surface area contributed by atoms with Gasteiger partial charge in [0.15, 0.2) is 0 Å². The SMILES string of the molecule is CC1(C(=O)NCC2(CO)CC3(CCC3)C2)CC(c2ccccc2)=NO1. The first-order valence-corrected chi connectivity index (χ1v) is 9.18. The lowest BCUT2D eigenvalue weighted by molar-refractivity contribution is -0.148. The Hall–Kier alpha value is -1.88. The molecule has 1 amide bonds. The van der Waals surface area contributed by atoms with E-state index in [0.29, 0.717) is 18.4 Å². The van der Waals surface area contributed by atoms with Gasteiger partial charge in [-0.15, -0.1) is 0 Å². The van der Waals surface area contributed by atoms with Crippen molar-refractivity contribution in [2.24, 2.45) is 16.0 Å². The van der Waals surface area contributed by atoms with E-state index in [1.165, 1.54) is 19.3 Å². The van der Waals surface area contributed by atoms with Crippen molar-refractivity contribution >= 4 is 11.6 Å². The topological polar surface area (TPSA) is 70.9 Å². The molecular formula is C20H26N2O3. The van der Waals surface area contributed by atoms with Crippen molar-refractivity contribution in [1.82, 2.24) is 5.32 Å². The molecule has 2 fully saturated rings. The molecule has 5 heteroatoms. The van der Waals surface area contributed by atoms with Gasteiger partial charge in [-0.2, -0.15) is 0 Å². The summed E-state index contributed by atoms with van der Waals surface area (Å²) in [6, 6.07) is 9.79. The van der Waals surface area contributed by atoms with E-state index in [0.717, 1.165) is 24.1 Å². The Kier molecular flexibility index (Phi) is 3.87. The largest absolute Gasteiger partial charge is 0.396 e. The summed E-state index contributed by atoms with van der Waals surface area (Å²) in [5.41, 5.74) is 1.13. The van der Waals surface area contributed by atoms with Crippen LogP contribution in [0.2, 0.25) is 0 Å². The number of amides is 1. The number of hydrogen-bond donors (Lipinski definition) is 2. The Morgan fingerprint density at radius 2 is 2.00 bits per heavy atom. The number of nitrogens with one attached hydrogen (secondary N) is 1. The number of hydrogen-bond acceptors (Lipinski definition) is 4. The molecule has 5 nitrogen and oxygen atoms in total. The molecule has 1 aromatic rings. The maximum Gasteiger partial charge on any atom is 0.267 e. The average Bonchev–Trinajstić information content (AvgIpc) is 2.97. The molecule has 4 rings (SSSR count). The van der Waals surface area contributed by atoms with Crippen LogP contribution in [-0.2, 0) is 9.63 Å². The minimum Gasteiger partial charge on any atom is -0.396 e. The average molecular weight is 342 g/mol. The summed E-state index contributed by atoms with van der Waals surface area (Å²) in [7, 11) is 0. The van der Waals surface area contributed by atoms with Crippen molar-refractivity contribution in [3.63, 3.8) is 0 Å². The Labute approximate surface area is 148 Å². The number of aliphatic hydroxyl groups is 1. The number of carbonyl (C=O) groups is 1. The van der Waals surface area contributed by atoms with Gasteiger partial charge in [0.25, 0.3) is 5.91 Å². The van der Waals surface area contributed by atoms with Crippen LogP contribution >= 0.6 is 0 Å². The summed E-state index contributed by atoms with van der Waals surface area (Å²) < 4.78 is 0. The summed E-state index contributed by atoms with van der Waals surface area (Å²) >= 11 is 0. The van der Waals surface area contributed by atoms with Gasteiger partial charge in [-0.3, -0.25) is 4.79 Å². The zero-order valence-electron chi connectivity index (χ0n) is 14.8. The Morgan fingerprint density at radius 3 is 2.60 bits per heavy atom. The van der Waals surface area contributed by atoms with Gasteiger partial charge in [-0.1, -0.05) is 41.9 Å². The molecule has 2 N–H and O–H groups in total. The molecule has 1 aromatic carbocycles. The van der Waals surface area contributed by atoms with E-state index in [9.17, 15) is 9.90 Å². The van der Waals surface area contributed by atoms with Crippen LogP contribution in [0, 0.1) is 10.8 Å². The first-order chi connectivity index (χ1) is 12.0. The quantitative estimate of drug-likeness (QED) is 0.864. The second-order valence-corrected chi connectivity index (χ2v) is 8.45. The highest BCUT2D eigenvalue weighted by atomic mass is 16.7. The van der Waals surface area contributed by atoms with E-state index < -0.39 is 5.60 Å². The minimum absolute atomic E-state index is 0.137. The molecule has 0 aromatic heterocycles. The predicted octanol–water partition coefficient (Wildman–Crippen LogP) is 2.63. The van der Waals surface area contributed by atoms with Crippen molar-refractivity contribution in [2.75, 3.05) is 13.2 Å². The van der Waals surface area contributed by atoms with Gasteiger partial charge < -0.3 is 15.3 Å². The van der Waals surface area contributed by atoms with Crippen LogP contribution in [0.15, 0.2) is 35.5 Å². The molecule has 1 atom stereocenters. The Balaban J connectivity index is 1.34. The molecule has 134 valence electrons. The van der Waals surface area contributed by atoms with E-state index >= 15 is 0 Å². The molecule has 0 bridgehead atoms. The molecule has 2 saturated carbocycles. The van der Waals surface area contributed by atoms with Gasteiger partial charge in [-0.25, -0.2) is 0 Å². The van der Waals surface area contributed by atoms with Crippen LogP contribution < -0.4 is 5.32 Å². The fourth-order valence-corrected chi connectivity index (χ4v) is 4.76. The van der Waals surface area contributed by atoms with Gasteiger partial charge in [0, 0.05) is 18.4 Å². The van der Waals surface area contributed by atoms with Gasteiger partial charge in [0.05, 0.1) is 12.3 Å². The number of benzene rings is 1. The van der Waals surface area contributed by atoms with Crippen molar-refractivity contribution < 1.29 is 14.7 Å². The number of carbonyl (C=O) groups excluding carboxylic acids is 1. The van der Waals surface area contributed by atoms with Crippen molar-refractivity contribution in [2.45, 2.75) is 51.0 Å². The number of aliphatic hydroxyl groups excluding tert-OH is 1. The number of rotatable bonds is 5. The first-order valence-electron chi connectivity index (χ1n) is 9.18. The Bertz CT molecular complexity index is 688. The van der Waals surface area contributed by atoms with Crippen LogP contribution in [0.5, 0.6) is 0 Å². The summed E-state index contributed by atoms with van der Waals surface area (Å²) in [5.74, 6) is -0.149. The normalized spacial score (nSPS) is 28.5. The highest BCUT2D eigenvalue weighted by molar-refractivity contribution is 6.05. The predicted molar refractivity (Wildman–Crippen MR) is 95.1 cm³/mol. The third-order valence-corrected chi connectivity index (χ3v) is 6.32. The van der Waals surface area contributed by atoms with Gasteiger partial charge in [0.2, 0.25) is 5.60 Å². The van der Waals surface area contributed by atoms with Crippen LogP contribution in [-0.4, -0.2) is 35.5 Å². The fourth-order valence-electron chi connectivity index (χ4n) is 4.76. The lowest BCUT2D eigenvalue weighted by atomic mass is 9.45. The van der Waals surface area contributed by atoms with Gasteiger partial charge >= 0.3 is 0 Å². The monoisotopic (exact) mass is 342 g/mol. The van der Waals surface area contributed by atoms with E-state index in [-0.39, 0.29) is 17.9 Å². The maximum absolute atomic E-state index is 12.7. The Morgan fingerprint density at radius 1 is 1.28 bits per heavy atom. The molecule has 25 heavy (non-hydrogen) atoms.